The maximum Gasteiger partial charge on any atom is 0.275 e. The minimum absolute atomic E-state index is 0.171. The second-order valence-electron chi connectivity index (χ2n) is 8.23. The number of aromatic nitrogens is 3. The number of hydrogen-bond donors (Lipinski definition) is 2. The van der Waals surface area contributed by atoms with Gasteiger partial charge < -0.3 is 4.90 Å². The smallest absolute Gasteiger partial charge is 0.275 e. The summed E-state index contributed by atoms with van der Waals surface area (Å²) in [5.74, 6) is -1.33. The van der Waals surface area contributed by atoms with Crippen molar-refractivity contribution in [1.29, 1.82) is 0 Å². The number of amides is 1. The summed E-state index contributed by atoms with van der Waals surface area (Å²) in [7, 11) is -3.78. The summed E-state index contributed by atoms with van der Waals surface area (Å²) in [6.07, 6.45) is 3.08. The van der Waals surface area contributed by atoms with Crippen LogP contribution in [-0.2, 0) is 10.0 Å². The van der Waals surface area contributed by atoms with Crippen molar-refractivity contribution in [2.45, 2.75) is 39.2 Å². The van der Waals surface area contributed by atoms with Gasteiger partial charge in [-0.05, 0) is 45.2 Å². The molecule has 176 valence electrons. The molecule has 1 fully saturated rings. The molecule has 1 aliphatic heterocycles. The average molecular weight is 496 g/mol. The maximum absolute atomic E-state index is 14.2. The summed E-state index contributed by atoms with van der Waals surface area (Å²) in [5.41, 5.74) is 1.60. The van der Waals surface area contributed by atoms with E-state index in [-0.39, 0.29) is 21.8 Å². The van der Waals surface area contributed by atoms with Gasteiger partial charge in [0, 0.05) is 23.9 Å². The minimum Gasteiger partial charge on any atom is -0.330 e. The Hall–Kier alpha value is -2.92. The van der Waals surface area contributed by atoms with Gasteiger partial charge in [-0.2, -0.15) is 0 Å². The van der Waals surface area contributed by atoms with E-state index in [2.05, 4.69) is 14.8 Å². The molecular formula is C21H23ClFN5O4S. The fourth-order valence-electron chi connectivity index (χ4n) is 4.09. The second-order valence-corrected chi connectivity index (χ2v) is 10.4. The monoisotopic (exact) mass is 495 g/mol. The van der Waals surface area contributed by atoms with Crippen LogP contribution in [0.3, 0.4) is 0 Å². The molecule has 1 amide bonds. The molecule has 0 spiro atoms. The van der Waals surface area contributed by atoms with Gasteiger partial charge in [0.15, 0.2) is 5.65 Å². The third-order valence-corrected chi connectivity index (χ3v) is 6.67. The lowest BCUT2D eigenvalue weighted by atomic mass is 9.98. The molecule has 4 rings (SSSR count). The Labute approximate surface area is 194 Å². The van der Waals surface area contributed by atoms with Crippen molar-refractivity contribution in [3.8, 4) is 0 Å². The first-order valence-corrected chi connectivity index (χ1v) is 12.6. The van der Waals surface area contributed by atoms with Gasteiger partial charge >= 0.3 is 0 Å². The largest absolute Gasteiger partial charge is 0.330 e. The molecule has 0 aliphatic carbocycles. The number of carbonyl (C=O) groups excluding carboxylic acids is 1. The van der Waals surface area contributed by atoms with Crippen molar-refractivity contribution in [2.75, 3.05) is 17.5 Å². The number of carbonyl (C=O) groups is 1. The first-order chi connectivity index (χ1) is 15.5. The molecule has 1 unspecified atom stereocenters. The van der Waals surface area contributed by atoms with Crippen LogP contribution < -0.4 is 10.3 Å². The predicted octanol–water partition coefficient (Wildman–Crippen LogP) is 3.17. The molecule has 2 aromatic heterocycles. The molecule has 0 saturated carbocycles. The molecule has 0 bridgehead atoms. The van der Waals surface area contributed by atoms with Crippen LogP contribution in [0.25, 0.3) is 5.65 Å². The Morgan fingerprint density at radius 1 is 1.27 bits per heavy atom. The topological polar surface area (TPSA) is 117 Å². The highest BCUT2D eigenvalue weighted by atomic mass is 35.5. The van der Waals surface area contributed by atoms with Crippen LogP contribution in [0.1, 0.15) is 52.6 Å². The highest BCUT2D eigenvalue weighted by Gasteiger charge is 2.32. The van der Waals surface area contributed by atoms with Gasteiger partial charge in [-0.25, -0.2) is 22.3 Å². The molecule has 2 N–H and O–H groups in total. The summed E-state index contributed by atoms with van der Waals surface area (Å²) < 4.78 is 41.4. The Morgan fingerprint density at radius 2 is 2.00 bits per heavy atom. The summed E-state index contributed by atoms with van der Waals surface area (Å²) in [5, 5.41) is 2.83. The molecule has 12 heteroatoms. The number of fused-ring (bicyclic) bond motifs is 1. The second kappa shape index (κ2) is 8.45. The van der Waals surface area contributed by atoms with Gasteiger partial charge in [0.2, 0.25) is 10.0 Å². The van der Waals surface area contributed by atoms with Crippen LogP contribution in [0.4, 0.5) is 10.1 Å². The lowest BCUT2D eigenvalue weighted by Crippen LogP contribution is -2.39. The van der Waals surface area contributed by atoms with Crippen molar-refractivity contribution in [1.82, 2.24) is 19.5 Å². The number of H-pyrrole nitrogens is 1. The first-order valence-electron chi connectivity index (χ1n) is 10.3. The van der Waals surface area contributed by atoms with Crippen LogP contribution in [0.5, 0.6) is 0 Å². The van der Waals surface area contributed by atoms with Crippen LogP contribution in [-0.4, -0.2) is 46.6 Å². The Bertz CT molecular complexity index is 1430. The standard InChI is InChI=1S/C21H23ClFN5O4S/c1-11-12(2)24-18-10-16(25-28(18)20(11)29)17-6-4-5-7-27(17)21(30)14-8-13(23)9-15(22)19(14)26-33(3,31)32/h8-10,17,25-26H,4-7H2,1-3H3. The zero-order chi connectivity index (χ0) is 24.1. The van der Waals surface area contributed by atoms with Gasteiger partial charge in [0.1, 0.15) is 5.82 Å². The molecular weight excluding hydrogens is 473 g/mol. The van der Waals surface area contributed by atoms with E-state index < -0.39 is 27.8 Å². The lowest BCUT2D eigenvalue weighted by molar-refractivity contribution is 0.0606. The number of sulfonamides is 1. The van der Waals surface area contributed by atoms with Crippen LogP contribution in [0.15, 0.2) is 23.0 Å². The SMILES string of the molecule is Cc1nc2cc(C3CCCCN3C(=O)c3cc(F)cc(Cl)c3NS(C)(=O)=O)[nH]n2c(=O)c1C. The number of likely N-dealkylation sites (tertiary alicyclic amines) is 1. The van der Waals surface area contributed by atoms with Crippen molar-refractivity contribution >= 4 is 38.9 Å². The van der Waals surface area contributed by atoms with Gasteiger partial charge in [0.05, 0.1) is 34.3 Å². The predicted molar refractivity (Wildman–Crippen MR) is 123 cm³/mol. The number of aryl methyl sites for hydroxylation is 1. The number of rotatable bonds is 4. The number of hydrogen-bond acceptors (Lipinski definition) is 5. The quantitative estimate of drug-likeness (QED) is 0.576. The van der Waals surface area contributed by atoms with Crippen molar-refractivity contribution in [3.63, 3.8) is 0 Å². The number of halogens is 2. The van der Waals surface area contributed by atoms with E-state index in [9.17, 15) is 22.4 Å². The highest BCUT2D eigenvalue weighted by molar-refractivity contribution is 7.92. The van der Waals surface area contributed by atoms with Gasteiger partial charge in [-0.3, -0.25) is 19.4 Å². The molecule has 3 aromatic rings. The first kappa shape index (κ1) is 23.2. The van der Waals surface area contributed by atoms with Crippen molar-refractivity contribution in [2.24, 2.45) is 0 Å². The fourth-order valence-corrected chi connectivity index (χ4v) is 4.99. The number of nitrogens with zero attached hydrogens (tertiary/aromatic N) is 3. The summed E-state index contributed by atoms with van der Waals surface area (Å²) in [4.78, 5) is 32.2. The highest BCUT2D eigenvalue weighted by Crippen LogP contribution is 2.35. The van der Waals surface area contributed by atoms with E-state index in [0.717, 1.165) is 31.2 Å². The summed E-state index contributed by atoms with van der Waals surface area (Å²) in [6.45, 7) is 3.81. The number of piperidine rings is 1. The van der Waals surface area contributed by atoms with Gasteiger partial charge in [0.25, 0.3) is 11.5 Å². The number of benzene rings is 1. The van der Waals surface area contributed by atoms with E-state index in [1.807, 2.05) is 0 Å². The normalized spacial score (nSPS) is 16.9. The molecule has 3 heterocycles. The number of nitrogens with one attached hydrogen (secondary N) is 2. The number of anilines is 1. The summed E-state index contributed by atoms with van der Waals surface area (Å²) >= 11 is 6.09. The van der Waals surface area contributed by atoms with E-state index in [1.54, 1.807) is 19.9 Å². The Kier molecular flexibility index (Phi) is 5.95. The zero-order valence-corrected chi connectivity index (χ0v) is 19.8. The minimum atomic E-state index is -3.78. The molecule has 1 aliphatic rings. The van der Waals surface area contributed by atoms with Crippen LogP contribution in [0, 0.1) is 19.7 Å². The van der Waals surface area contributed by atoms with Crippen LogP contribution >= 0.6 is 11.6 Å². The molecule has 1 saturated heterocycles. The Morgan fingerprint density at radius 3 is 2.70 bits per heavy atom. The van der Waals surface area contributed by atoms with Gasteiger partial charge in [-0.1, -0.05) is 11.6 Å². The average Bonchev–Trinajstić information content (AvgIpc) is 3.16. The summed E-state index contributed by atoms with van der Waals surface area (Å²) in [6, 6.07) is 3.19. The van der Waals surface area contributed by atoms with E-state index in [4.69, 9.17) is 11.6 Å². The zero-order valence-electron chi connectivity index (χ0n) is 18.3. The maximum atomic E-state index is 14.2. The molecule has 0 radical (unpaired) electrons. The molecule has 1 atom stereocenters. The third kappa shape index (κ3) is 4.47. The fraction of sp³-hybridized carbons (Fsp3) is 0.381. The number of aromatic amines is 1. The van der Waals surface area contributed by atoms with E-state index in [1.165, 1.54) is 9.42 Å². The van der Waals surface area contributed by atoms with E-state index >= 15 is 0 Å². The van der Waals surface area contributed by atoms with Gasteiger partial charge in [-0.15, -0.1) is 0 Å². The lowest BCUT2D eigenvalue weighted by Gasteiger charge is -2.35. The van der Waals surface area contributed by atoms with Crippen molar-refractivity contribution < 1.29 is 17.6 Å². The van der Waals surface area contributed by atoms with E-state index in [0.29, 0.717) is 35.6 Å². The van der Waals surface area contributed by atoms with Crippen LogP contribution in [0.2, 0.25) is 5.02 Å². The molecule has 9 nitrogen and oxygen atoms in total. The Balaban J connectivity index is 1.79. The third-order valence-electron chi connectivity index (χ3n) is 5.80. The molecule has 1 aromatic carbocycles. The van der Waals surface area contributed by atoms with Crippen molar-refractivity contribution in [3.05, 3.63) is 61.9 Å². The molecule has 33 heavy (non-hydrogen) atoms.